The molecule has 0 bridgehead atoms. The molecule has 0 aliphatic carbocycles. The molecule has 2 aromatic rings. The van der Waals surface area contributed by atoms with Gasteiger partial charge in [-0.2, -0.15) is 0 Å². The van der Waals surface area contributed by atoms with Gasteiger partial charge in [-0.3, -0.25) is 9.59 Å². The topological polar surface area (TPSA) is 71.3 Å². The first-order chi connectivity index (χ1) is 10.7. The highest BCUT2D eigenvalue weighted by atomic mass is 16.3. The minimum absolute atomic E-state index is 0.0140. The lowest BCUT2D eigenvalue weighted by atomic mass is 10.2. The van der Waals surface area contributed by atoms with Crippen LogP contribution in [-0.2, 0) is 16.0 Å². The van der Waals surface area contributed by atoms with Gasteiger partial charge in [0.15, 0.2) is 0 Å². The van der Waals surface area contributed by atoms with Gasteiger partial charge in [0.2, 0.25) is 11.8 Å². The van der Waals surface area contributed by atoms with E-state index in [-0.39, 0.29) is 18.4 Å². The first-order valence-corrected chi connectivity index (χ1v) is 7.36. The molecule has 2 amide bonds. The van der Waals surface area contributed by atoms with E-state index in [9.17, 15) is 9.59 Å². The molecule has 1 aromatic heterocycles. The number of furan rings is 1. The lowest BCUT2D eigenvalue weighted by molar-refractivity contribution is -0.126. The third-order valence-corrected chi connectivity index (χ3v) is 3.14. The van der Waals surface area contributed by atoms with Crippen molar-refractivity contribution in [3.8, 4) is 11.3 Å². The monoisotopic (exact) mass is 300 g/mol. The van der Waals surface area contributed by atoms with Crippen LogP contribution in [0, 0.1) is 0 Å². The Morgan fingerprint density at radius 3 is 2.50 bits per heavy atom. The Balaban J connectivity index is 1.79. The minimum Gasteiger partial charge on any atom is -0.461 e. The van der Waals surface area contributed by atoms with E-state index in [1.54, 1.807) is 0 Å². The first kappa shape index (κ1) is 15.8. The Labute approximate surface area is 129 Å². The fourth-order valence-corrected chi connectivity index (χ4v) is 2.03. The van der Waals surface area contributed by atoms with Crippen molar-refractivity contribution >= 4 is 11.8 Å². The van der Waals surface area contributed by atoms with Crippen molar-refractivity contribution in [3.05, 3.63) is 48.2 Å². The molecule has 116 valence electrons. The van der Waals surface area contributed by atoms with Gasteiger partial charge in [0.1, 0.15) is 11.5 Å². The molecule has 0 atom stereocenters. The quantitative estimate of drug-likeness (QED) is 0.823. The Bertz CT molecular complexity index is 620. The summed E-state index contributed by atoms with van der Waals surface area (Å²) in [6, 6.07) is 13.6. The molecule has 2 rings (SSSR count). The maximum absolute atomic E-state index is 11.7. The molecule has 0 fully saturated rings. The summed E-state index contributed by atoms with van der Waals surface area (Å²) >= 11 is 0. The van der Waals surface area contributed by atoms with E-state index >= 15 is 0 Å². The predicted octanol–water partition coefficient (Wildman–Crippen LogP) is 2.13. The molecule has 0 aliphatic heterocycles. The van der Waals surface area contributed by atoms with Gasteiger partial charge in [0, 0.05) is 24.9 Å². The molecule has 22 heavy (non-hydrogen) atoms. The Morgan fingerprint density at radius 1 is 1.00 bits per heavy atom. The van der Waals surface area contributed by atoms with E-state index in [0.717, 1.165) is 17.1 Å². The molecule has 0 saturated heterocycles. The van der Waals surface area contributed by atoms with Gasteiger partial charge < -0.3 is 15.1 Å². The summed E-state index contributed by atoms with van der Waals surface area (Å²) in [5.41, 5.74) is 1.01. The largest absolute Gasteiger partial charge is 0.461 e. The fraction of sp³-hybridized carbons (Fsp3) is 0.294. The number of hydrogen-bond acceptors (Lipinski definition) is 3. The van der Waals surface area contributed by atoms with Gasteiger partial charge in [-0.15, -0.1) is 0 Å². The first-order valence-electron chi connectivity index (χ1n) is 7.36. The number of nitrogens with one attached hydrogen (secondary N) is 2. The van der Waals surface area contributed by atoms with Crippen molar-refractivity contribution < 1.29 is 14.0 Å². The van der Waals surface area contributed by atoms with Crippen LogP contribution in [0.1, 0.15) is 19.1 Å². The number of amides is 2. The van der Waals surface area contributed by atoms with Crippen LogP contribution in [0.15, 0.2) is 46.9 Å². The third kappa shape index (κ3) is 4.77. The fourth-order valence-electron chi connectivity index (χ4n) is 2.03. The van der Waals surface area contributed by atoms with E-state index in [2.05, 4.69) is 10.6 Å². The Kier molecular flexibility index (Phi) is 5.77. The second kappa shape index (κ2) is 8.02. The number of benzene rings is 1. The van der Waals surface area contributed by atoms with Crippen LogP contribution in [-0.4, -0.2) is 24.9 Å². The molecular weight excluding hydrogens is 280 g/mol. The number of rotatable bonds is 7. The van der Waals surface area contributed by atoms with Gasteiger partial charge in [-0.1, -0.05) is 30.3 Å². The van der Waals surface area contributed by atoms with Gasteiger partial charge >= 0.3 is 0 Å². The third-order valence-electron chi connectivity index (χ3n) is 3.14. The number of carbonyl (C=O) groups is 2. The highest BCUT2D eigenvalue weighted by Crippen LogP contribution is 2.22. The van der Waals surface area contributed by atoms with Crippen molar-refractivity contribution in [3.63, 3.8) is 0 Å². The van der Waals surface area contributed by atoms with Crippen LogP contribution in [0.4, 0.5) is 0 Å². The molecule has 0 radical (unpaired) electrons. The molecule has 0 aliphatic rings. The molecule has 1 heterocycles. The highest BCUT2D eigenvalue weighted by Gasteiger charge is 2.08. The van der Waals surface area contributed by atoms with Crippen LogP contribution >= 0.6 is 0 Å². The van der Waals surface area contributed by atoms with Crippen LogP contribution in [0.5, 0.6) is 0 Å². The summed E-state index contributed by atoms with van der Waals surface area (Å²) in [6.45, 7) is 2.41. The molecule has 5 nitrogen and oxygen atoms in total. The smallest absolute Gasteiger partial charge is 0.239 e. The normalized spacial score (nSPS) is 10.2. The van der Waals surface area contributed by atoms with Crippen molar-refractivity contribution in [2.45, 2.75) is 19.8 Å². The van der Waals surface area contributed by atoms with Gasteiger partial charge in [0.05, 0.1) is 6.54 Å². The van der Waals surface area contributed by atoms with Crippen molar-refractivity contribution in [1.82, 2.24) is 10.6 Å². The molecule has 1 aromatic carbocycles. The van der Waals surface area contributed by atoms with E-state index in [4.69, 9.17) is 4.42 Å². The van der Waals surface area contributed by atoms with Crippen LogP contribution in [0.3, 0.4) is 0 Å². The van der Waals surface area contributed by atoms with E-state index < -0.39 is 0 Å². The highest BCUT2D eigenvalue weighted by molar-refractivity contribution is 5.84. The van der Waals surface area contributed by atoms with Crippen molar-refractivity contribution in [2.75, 3.05) is 13.1 Å². The zero-order valence-electron chi connectivity index (χ0n) is 12.6. The summed E-state index contributed by atoms with van der Waals surface area (Å²) in [4.78, 5) is 22.9. The summed E-state index contributed by atoms with van der Waals surface area (Å²) in [5, 5.41) is 5.21. The van der Waals surface area contributed by atoms with Crippen LogP contribution in [0.2, 0.25) is 0 Å². The molecule has 0 saturated carbocycles. The maximum Gasteiger partial charge on any atom is 0.239 e. The molecule has 5 heteroatoms. The average Bonchev–Trinajstić information content (AvgIpc) is 3.01. The predicted molar refractivity (Wildman–Crippen MR) is 84.2 cm³/mol. The lowest BCUT2D eigenvalue weighted by Gasteiger charge is -2.04. The Hall–Kier alpha value is -2.56. The molecule has 0 unspecified atom stereocenters. The Morgan fingerprint density at radius 2 is 1.77 bits per heavy atom. The van der Waals surface area contributed by atoms with Crippen LogP contribution in [0.25, 0.3) is 11.3 Å². The number of aryl methyl sites for hydroxylation is 1. The second-order valence-corrected chi connectivity index (χ2v) is 4.86. The van der Waals surface area contributed by atoms with E-state index in [1.165, 1.54) is 0 Å². The van der Waals surface area contributed by atoms with Gasteiger partial charge in [-0.25, -0.2) is 0 Å². The van der Waals surface area contributed by atoms with Gasteiger partial charge in [0.25, 0.3) is 0 Å². The SMILES string of the molecule is CCNC(=O)CNC(=O)CCc1ccc(-c2ccccc2)o1. The average molecular weight is 300 g/mol. The number of likely N-dealkylation sites (N-methyl/N-ethyl adjacent to an activating group) is 1. The number of hydrogen-bond donors (Lipinski definition) is 2. The van der Waals surface area contributed by atoms with E-state index in [0.29, 0.717) is 19.4 Å². The summed E-state index contributed by atoms with van der Waals surface area (Å²) in [5.74, 6) is 1.20. The van der Waals surface area contributed by atoms with Crippen LogP contribution < -0.4 is 10.6 Å². The molecule has 0 spiro atoms. The van der Waals surface area contributed by atoms with Gasteiger partial charge in [-0.05, 0) is 19.1 Å². The van der Waals surface area contributed by atoms with Crippen molar-refractivity contribution in [2.24, 2.45) is 0 Å². The lowest BCUT2D eigenvalue weighted by Crippen LogP contribution is -2.36. The maximum atomic E-state index is 11.7. The standard InChI is InChI=1S/C17H20N2O3/c1-2-18-17(21)12-19-16(20)11-9-14-8-10-15(22-14)13-6-4-3-5-7-13/h3-8,10H,2,9,11-12H2,1H3,(H,18,21)(H,19,20). The number of carbonyl (C=O) groups excluding carboxylic acids is 2. The summed E-state index contributed by atoms with van der Waals surface area (Å²) in [6.07, 6.45) is 0.801. The van der Waals surface area contributed by atoms with Crippen molar-refractivity contribution in [1.29, 1.82) is 0 Å². The minimum atomic E-state index is -0.180. The second-order valence-electron chi connectivity index (χ2n) is 4.86. The summed E-state index contributed by atoms with van der Waals surface area (Å²) in [7, 11) is 0. The molecule has 2 N–H and O–H groups in total. The summed E-state index contributed by atoms with van der Waals surface area (Å²) < 4.78 is 5.72. The molecular formula is C17H20N2O3. The zero-order valence-corrected chi connectivity index (χ0v) is 12.6. The zero-order chi connectivity index (χ0) is 15.8. The van der Waals surface area contributed by atoms with E-state index in [1.807, 2.05) is 49.4 Å².